The fourth-order valence-electron chi connectivity index (χ4n) is 6.19. The van der Waals surface area contributed by atoms with Crippen LogP contribution in [0.15, 0.2) is 97.2 Å². The van der Waals surface area contributed by atoms with Gasteiger partial charge in [0.25, 0.3) is 0 Å². The number of aliphatic hydroxyl groups is 6. The van der Waals surface area contributed by atoms with Gasteiger partial charge in [0.15, 0.2) is 6.10 Å². The van der Waals surface area contributed by atoms with Crippen molar-refractivity contribution in [3.05, 3.63) is 97.2 Å². The third-order valence-electron chi connectivity index (χ3n) is 10.1. The second kappa shape index (κ2) is 37.9. The Bertz CT molecular complexity index is 1500. The second-order valence-electron chi connectivity index (χ2n) is 15.7. The van der Waals surface area contributed by atoms with E-state index in [-0.39, 0.29) is 18.9 Å². The molecule has 1 rings (SSSR count). The van der Waals surface area contributed by atoms with Crippen LogP contribution in [0.25, 0.3) is 0 Å². The van der Waals surface area contributed by atoms with E-state index in [1.165, 1.54) is 0 Å². The third kappa shape index (κ3) is 30.0. The highest BCUT2D eigenvalue weighted by atomic mass is 31.2. The standard InChI is InChI=1S/C49H79O14P/c1-3-5-6-7-8-9-10-11-12-13-14-19-22-25-28-31-34-37-43(52)62-41(39-61-64(58,59)63-49-47(56)45(54)44(53)46(55)48(49)57)38-60-42(51)36-33-30-27-24-21-18-16-15-17-20-23-26-29-32-35-40(50)4-2/h5-6,8-9,11-12,14,16-20,24,26-27,29,40-41,44-50,53-57H,3-4,7,10,13,15,21-23,25,28,30-39H2,1-2H3,(H,58,59)/b6-5-,9-8-,12-11-,18-16-,19-14-,20-17-,27-24-,29-26-/t40-,41+,44?,45-,46+,47+,48+,49?/m0/s1. The van der Waals surface area contributed by atoms with Crippen LogP contribution < -0.4 is 0 Å². The Balaban J connectivity index is 2.53. The number of hydrogen-bond acceptors (Lipinski definition) is 13. The molecule has 0 aromatic carbocycles. The molecule has 364 valence electrons. The first-order chi connectivity index (χ1) is 30.8. The topological polar surface area (TPSA) is 230 Å². The number of esters is 2. The molecule has 0 aromatic heterocycles. The number of hydrogen-bond donors (Lipinski definition) is 7. The van der Waals surface area contributed by atoms with Gasteiger partial charge in [-0.1, -0.05) is 124 Å². The molecule has 1 aliphatic carbocycles. The number of rotatable bonds is 36. The van der Waals surface area contributed by atoms with Crippen molar-refractivity contribution in [1.29, 1.82) is 0 Å². The van der Waals surface area contributed by atoms with Gasteiger partial charge in [0, 0.05) is 12.8 Å². The molecule has 7 N–H and O–H groups in total. The van der Waals surface area contributed by atoms with Gasteiger partial charge >= 0.3 is 19.8 Å². The summed E-state index contributed by atoms with van der Waals surface area (Å²) in [7, 11) is -5.15. The maximum Gasteiger partial charge on any atom is 0.472 e. The van der Waals surface area contributed by atoms with Crippen molar-refractivity contribution in [3.63, 3.8) is 0 Å². The number of phosphoric ester groups is 1. The Morgan fingerprint density at radius 1 is 0.547 bits per heavy atom. The molecule has 0 amide bonds. The van der Waals surface area contributed by atoms with E-state index in [4.69, 9.17) is 18.5 Å². The third-order valence-corrected chi connectivity index (χ3v) is 11.1. The van der Waals surface area contributed by atoms with Gasteiger partial charge in [0.05, 0.1) is 12.7 Å². The van der Waals surface area contributed by atoms with Crippen LogP contribution in [0.3, 0.4) is 0 Å². The molecule has 0 heterocycles. The summed E-state index contributed by atoms with van der Waals surface area (Å²) in [5.41, 5.74) is 0. The zero-order valence-electron chi connectivity index (χ0n) is 38.1. The summed E-state index contributed by atoms with van der Waals surface area (Å²) < 4.78 is 33.4. The van der Waals surface area contributed by atoms with Crippen LogP contribution in [-0.4, -0.2) is 110 Å². The average Bonchev–Trinajstić information content (AvgIpc) is 3.28. The molecule has 0 bridgehead atoms. The number of unbranched alkanes of at least 4 members (excludes halogenated alkanes) is 5. The van der Waals surface area contributed by atoms with Crippen molar-refractivity contribution < 1.29 is 68.2 Å². The molecule has 0 saturated heterocycles. The number of ether oxygens (including phenoxy) is 2. The van der Waals surface area contributed by atoms with Gasteiger partial charge in [0.2, 0.25) is 0 Å². The van der Waals surface area contributed by atoms with E-state index in [1.54, 1.807) is 0 Å². The van der Waals surface area contributed by atoms with Gasteiger partial charge in [0.1, 0.15) is 43.2 Å². The van der Waals surface area contributed by atoms with Crippen molar-refractivity contribution in [3.8, 4) is 0 Å². The maximum atomic E-state index is 12.8. The predicted octanol–water partition coefficient (Wildman–Crippen LogP) is 8.02. The SMILES string of the molecule is CC/C=C\C/C=C\C/C=C\C/C=C\CCCCCCC(=O)O[C@H](COC(=O)CCC/C=C\C/C=C\C/C=C\C/C=C\CC[C@@H](O)CC)COP(=O)(O)OC1[C@H](O)[C@H](O)C(O)[C@H](O)[C@H]1O. The summed E-state index contributed by atoms with van der Waals surface area (Å²) in [5, 5.41) is 59.7. The minimum absolute atomic E-state index is 0.0440. The lowest BCUT2D eigenvalue weighted by Gasteiger charge is -2.41. The number of aliphatic hydroxyl groups excluding tert-OH is 6. The molecule has 0 aliphatic heterocycles. The van der Waals surface area contributed by atoms with E-state index in [2.05, 4.69) is 92.0 Å². The highest BCUT2D eigenvalue weighted by Crippen LogP contribution is 2.47. The van der Waals surface area contributed by atoms with Crippen LogP contribution in [0.2, 0.25) is 0 Å². The smallest absolute Gasteiger partial charge is 0.462 e. The summed E-state index contributed by atoms with van der Waals surface area (Å²) in [5.74, 6) is -1.22. The van der Waals surface area contributed by atoms with Crippen LogP contribution >= 0.6 is 7.82 Å². The second-order valence-corrected chi connectivity index (χ2v) is 17.1. The van der Waals surface area contributed by atoms with Gasteiger partial charge in [-0.2, -0.15) is 0 Å². The Morgan fingerprint density at radius 2 is 0.984 bits per heavy atom. The fraction of sp³-hybridized carbons (Fsp3) is 0.633. The summed E-state index contributed by atoms with van der Waals surface area (Å²) >= 11 is 0. The van der Waals surface area contributed by atoms with Crippen LogP contribution in [0.1, 0.15) is 136 Å². The quantitative estimate of drug-likeness (QED) is 0.0137. The van der Waals surface area contributed by atoms with Gasteiger partial charge in [-0.25, -0.2) is 4.57 Å². The van der Waals surface area contributed by atoms with E-state index in [0.29, 0.717) is 19.3 Å². The summed E-state index contributed by atoms with van der Waals surface area (Å²) in [6.45, 7) is 2.82. The highest BCUT2D eigenvalue weighted by molar-refractivity contribution is 7.47. The van der Waals surface area contributed by atoms with Gasteiger partial charge in [-0.3, -0.25) is 18.6 Å². The highest BCUT2D eigenvalue weighted by Gasteiger charge is 2.51. The molecule has 9 atom stereocenters. The number of carbonyl (C=O) groups excluding carboxylic acids is 2. The van der Waals surface area contributed by atoms with E-state index >= 15 is 0 Å². The molecule has 3 unspecified atom stereocenters. The number of phosphoric acid groups is 1. The Kier molecular flexibility index (Phi) is 34.8. The predicted molar refractivity (Wildman–Crippen MR) is 250 cm³/mol. The summed E-state index contributed by atoms with van der Waals surface area (Å²) in [6.07, 6.45) is 34.0. The van der Waals surface area contributed by atoms with Crippen molar-refractivity contribution in [1.82, 2.24) is 0 Å². The first-order valence-corrected chi connectivity index (χ1v) is 24.6. The lowest BCUT2D eigenvalue weighted by Crippen LogP contribution is -2.64. The van der Waals surface area contributed by atoms with E-state index in [1.807, 2.05) is 19.1 Å². The molecule has 14 nitrogen and oxygen atoms in total. The van der Waals surface area contributed by atoms with Crippen LogP contribution in [-0.2, 0) is 32.7 Å². The molecule has 0 aromatic rings. The molecule has 15 heteroatoms. The van der Waals surface area contributed by atoms with Crippen LogP contribution in [0.4, 0.5) is 0 Å². The first-order valence-electron chi connectivity index (χ1n) is 23.1. The van der Waals surface area contributed by atoms with Crippen molar-refractivity contribution in [2.75, 3.05) is 13.2 Å². The van der Waals surface area contributed by atoms with Gasteiger partial charge < -0.3 is 45.0 Å². The summed E-state index contributed by atoms with van der Waals surface area (Å²) in [4.78, 5) is 35.7. The van der Waals surface area contributed by atoms with Crippen molar-refractivity contribution in [2.45, 2.75) is 185 Å². The molecule has 1 saturated carbocycles. The minimum Gasteiger partial charge on any atom is -0.462 e. The molecular weight excluding hydrogens is 843 g/mol. The molecule has 0 radical (unpaired) electrons. The Morgan fingerprint density at radius 3 is 1.50 bits per heavy atom. The zero-order chi connectivity index (χ0) is 47.3. The van der Waals surface area contributed by atoms with Gasteiger partial charge in [-0.15, -0.1) is 0 Å². The van der Waals surface area contributed by atoms with E-state index < -0.39 is 75.7 Å². The van der Waals surface area contributed by atoms with E-state index in [9.17, 15) is 49.7 Å². The summed E-state index contributed by atoms with van der Waals surface area (Å²) in [6, 6.07) is 0. The molecule has 1 fully saturated rings. The van der Waals surface area contributed by atoms with E-state index in [0.717, 1.165) is 89.9 Å². The monoisotopic (exact) mass is 923 g/mol. The maximum absolute atomic E-state index is 12.8. The molecule has 0 spiro atoms. The zero-order valence-corrected chi connectivity index (χ0v) is 39.0. The number of carbonyl (C=O) groups is 2. The fourth-order valence-corrected chi connectivity index (χ4v) is 7.16. The lowest BCUT2D eigenvalue weighted by atomic mass is 9.85. The van der Waals surface area contributed by atoms with Crippen molar-refractivity contribution in [2.24, 2.45) is 0 Å². The van der Waals surface area contributed by atoms with Gasteiger partial charge in [-0.05, 0) is 96.3 Å². The van der Waals surface area contributed by atoms with Crippen molar-refractivity contribution >= 4 is 19.8 Å². The average molecular weight is 923 g/mol. The molecular formula is C49H79O14P. The molecule has 64 heavy (non-hydrogen) atoms. The largest absolute Gasteiger partial charge is 0.472 e. The normalized spacial score (nSPS) is 23.0. The Hall–Kier alpha value is -3.27. The van der Waals surface area contributed by atoms with Crippen LogP contribution in [0.5, 0.6) is 0 Å². The minimum atomic E-state index is -5.15. The lowest BCUT2D eigenvalue weighted by molar-refractivity contribution is -0.220. The Labute approximate surface area is 382 Å². The van der Waals surface area contributed by atoms with Crippen LogP contribution in [0, 0.1) is 0 Å². The molecule has 1 aliphatic rings. The first kappa shape index (κ1) is 58.7. The number of allylic oxidation sites excluding steroid dienone is 16.